The van der Waals surface area contributed by atoms with E-state index in [1.807, 2.05) is 6.07 Å². The molecule has 0 saturated carbocycles. The molecule has 1 aliphatic heterocycles. The number of sulfonamides is 1. The normalized spacial score (nSPS) is 16.0. The van der Waals surface area contributed by atoms with Crippen LogP contribution in [-0.2, 0) is 10.0 Å². The van der Waals surface area contributed by atoms with Crippen molar-refractivity contribution in [2.75, 3.05) is 37.3 Å². The minimum absolute atomic E-state index is 0.498. The van der Waals surface area contributed by atoms with Gasteiger partial charge in [-0.15, -0.1) is 0 Å². The van der Waals surface area contributed by atoms with E-state index in [2.05, 4.69) is 60.4 Å². The minimum Gasteiger partial charge on any atom is -0.354 e. The predicted octanol–water partition coefficient (Wildman–Crippen LogP) is 3.29. The maximum absolute atomic E-state index is 11.7. The fourth-order valence-corrected chi connectivity index (χ4v) is 4.35. The highest BCUT2D eigenvalue weighted by Gasteiger charge is 2.24. The van der Waals surface area contributed by atoms with Crippen molar-refractivity contribution in [3.63, 3.8) is 0 Å². The van der Waals surface area contributed by atoms with Crippen molar-refractivity contribution in [2.45, 2.75) is 6.92 Å². The van der Waals surface area contributed by atoms with Crippen LogP contribution in [-0.4, -0.2) is 50.1 Å². The lowest BCUT2D eigenvalue weighted by Gasteiger charge is -2.34. The van der Waals surface area contributed by atoms with Crippen LogP contribution in [0.25, 0.3) is 22.0 Å². The number of benzene rings is 2. The first-order valence-corrected chi connectivity index (χ1v) is 10.9. The highest BCUT2D eigenvalue weighted by Crippen LogP contribution is 2.29. The molecule has 0 bridgehead atoms. The molecule has 1 aliphatic rings. The Kier molecular flexibility index (Phi) is 4.61. The molecule has 5 nitrogen and oxygen atoms in total. The van der Waals surface area contributed by atoms with Gasteiger partial charge in [0.05, 0.1) is 11.8 Å². The van der Waals surface area contributed by atoms with E-state index in [9.17, 15) is 8.42 Å². The number of fused-ring (bicyclic) bond motifs is 1. The van der Waals surface area contributed by atoms with Crippen molar-refractivity contribution in [1.82, 2.24) is 9.29 Å². The Morgan fingerprint density at radius 3 is 2.26 bits per heavy atom. The van der Waals surface area contributed by atoms with E-state index in [4.69, 9.17) is 4.98 Å². The summed E-state index contributed by atoms with van der Waals surface area (Å²) in [7, 11) is -3.13. The Hall–Kier alpha value is -2.44. The highest BCUT2D eigenvalue weighted by molar-refractivity contribution is 7.88. The number of para-hydroxylation sites is 1. The molecule has 2 heterocycles. The third-order valence-electron chi connectivity index (χ3n) is 5.10. The molecular formula is C21H23N3O2S. The lowest BCUT2D eigenvalue weighted by atomic mass is 10.0. The lowest BCUT2D eigenvalue weighted by molar-refractivity contribution is 0.387. The lowest BCUT2D eigenvalue weighted by Crippen LogP contribution is -2.48. The summed E-state index contributed by atoms with van der Waals surface area (Å²) < 4.78 is 25.0. The van der Waals surface area contributed by atoms with Gasteiger partial charge in [0.25, 0.3) is 0 Å². The Balaban J connectivity index is 1.68. The molecule has 0 aliphatic carbocycles. The molecular weight excluding hydrogens is 358 g/mol. The number of hydrogen-bond donors (Lipinski definition) is 0. The molecule has 1 fully saturated rings. The third-order valence-corrected chi connectivity index (χ3v) is 6.40. The molecule has 6 heteroatoms. The van der Waals surface area contributed by atoms with Gasteiger partial charge in [-0.05, 0) is 24.6 Å². The van der Waals surface area contributed by atoms with Gasteiger partial charge < -0.3 is 4.90 Å². The molecule has 4 rings (SSSR count). The van der Waals surface area contributed by atoms with Crippen molar-refractivity contribution >= 4 is 26.7 Å². The van der Waals surface area contributed by atoms with Gasteiger partial charge in [-0.3, -0.25) is 0 Å². The Labute approximate surface area is 160 Å². The average molecular weight is 382 g/mol. The fraction of sp³-hybridized carbons (Fsp3) is 0.286. The number of pyridine rings is 1. The molecule has 0 atom stereocenters. The largest absolute Gasteiger partial charge is 0.354 e. The first-order valence-electron chi connectivity index (χ1n) is 9.09. The SMILES string of the molecule is Cc1ccc(-c2cccc3ccc(N4CCN(S(C)(=O)=O)CC4)nc23)cc1. The van der Waals surface area contributed by atoms with Gasteiger partial charge in [0.15, 0.2) is 0 Å². The highest BCUT2D eigenvalue weighted by atomic mass is 32.2. The van der Waals surface area contributed by atoms with Crippen LogP contribution < -0.4 is 4.90 Å². The molecule has 0 radical (unpaired) electrons. The number of aryl methyl sites for hydroxylation is 1. The van der Waals surface area contributed by atoms with E-state index in [-0.39, 0.29) is 0 Å². The third kappa shape index (κ3) is 3.68. The van der Waals surface area contributed by atoms with Crippen molar-refractivity contribution in [1.29, 1.82) is 0 Å². The maximum Gasteiger partial charge on any atom is 0.211 e. The second-order valence-corrected chi connectivity index (χ2v) is 9.04. The molecule has 140 valence electrons. The molecule has 2 aromatic carbocycles. The maximum atomic E-state index is 11.7. The van der Waals surface area contributed by atoms with Crippen LogP contribution in [0.3, 0.4) is 0 Å². The van der Waals surface area contributed by atoms with Crippen LogP contribution in [0.5, 0.6) is 0 Å². The Bertz CT molecular complexity index is 1070. The summed E-state index contributed by atoms with van der Waals surface area (Å²) in [5, 5.41) is 1.10. The van der Waals surface area contributed by atoms with Crippen LogP contribution in [0.15, 0.2) is 54.6 Å². The van der Waals surface area contributed by atoms with Gasteiger partial charge in [-0.2, -0.15) is 4.31 Å². The van der Waals surface area contributed by atoms with E-state index < -0.39 is 10.0 Å². The molecule has 0 unspecified atom stereocenters. The van der Waals surface area contributed by atoms with Crippen molar-refractivity contribution < 1.29 is 8.42 Å². The summed E-state index contributed by atoms with van der Waals surface area (Å²) in [6, 6.07) is 18.8. The summed E-state index contributed by atoms with van der Waals surface area (Å²) in [6.07, 6.45) is 1.27. The Morgan fingerprint density at radius 2 is 1.59 bits per heavy atom. The standard InChI is InChI=1S/C21H23N3O2S/c1-16-6-8-17(9-7-16)19-5-3-4-18-10-11-20(22-21(18)19)23-12-14-24(15-13-23)27(2,25)26/h3-11H,12-15H2,1-2H3. The molecule has 27 heavy (non-hydrogen) atoms. The molecule has 0 spiro atoms. The van der Waals surface area contributed by atoms with E-state index in [0.717, 1.165) is 27.8 Å². The molecule has 3 aromatic rings. The summed E-state index contributed by atoms with van der Waals surface area (Å²) in [5.41, 5.74) is 4.47. The minimum atomic E-state index is -3.13. The predicted molar refractivity (Wildman–Crippen MR) is 111 cm³/mol. The quantitative estimate of drug-likeness (QED) is 0.699. The molecule has 0 amide bonds. The van der Waals surface area contributed by atoms with Gasteiger partial charge in [0.2, 0.25) is 10.0 Å². The number of piperazine rings is 1. The zero-order valence-corrected chi connectivity index (χ0v) is 16.4. The van der Waals surface area contributed by atoms with Crippen LogP contribution in [0.2, 0.25) is 0 Å². The van der Waals surface area contributed by atoms with Gasteiger partial charge in [0.1, 0.15) is 5.82 Å². The van der Waals surface area contributed by atoms with Gasteiger partial charge in [-0.1, -0.05) is 48.0 Å². The van der Waals surface area contributed by atoms with Crippen LogP contribution in [0.4, 0.5) is 5.82 Å². The first-order chi connectivity index (χ1) is 12.9. The number of anilines is 1. The summed E-state index contributed by atoms with van der Waals surface area (Å²) in [5.74, 6) is 0.898. The van der Waals surface area contributed by atoms with Crippen LogP contribution in [0.1, 0.15) is 5.56 Å². The average Bonchev–Trinajstić information content (AvgIpc) is 2.67. The summed E-state index contributed by atoms with van der Waals surface area (Å²) >= 11 is 0. The molecule has 0 N–H and O–H groups in total. The summed E-state index contributed by atoms with van der Waals surface area (Å²) in [6.45, 7) is 4.38. The van der Waals surface area contributed by atoms with E-state index in [1.54, 1.807) is 0 Å². The molecule has 1 saturated heterocycles. The van der Waals surface area contributed by atoms with E-state index in [0.29, 0.717) is 26.2 Å². The smallest absolute Gasteiger partial charge is 0.211 e. The number of aromatic nitrogens is 1. The van der Waals surface area contributed by atoms with E-state index in [1.165, 1.54) is 16.1 Å². The number of rotatable bonds is 3. The summed E-state index contributed by atoms with van der Waals surface area (Å²) in [4.78, 5) is 7.10. The van der Waals surface area contributed by atoms with Crippen LogP contribution >= 0.6 is 0 Å². The van der Waals surface area contributed by atoms with Gasteiger partial charge >= 0.3 is 0 Å². The first kappa shape index (κ1) is 17.9. The zero-order valence-electron chi connectivity index (χ0n) is 15.6. The fourth-order valence-electron chi connectivity index (χ4n) is 3.53. The topological polar surface area (TPSA) is 53.5 Å². The van der Waals surface area contributed by atoms with Gasteiger partial charge in [0, 0.05) is 37.1 Å². The number of hydrogen-bond acceptors (Lipinski definition) is 4. The molecule has 1 aromatic heterocycles. The van der Waals surface area contributed by atoms with Gasteiger partial charge in [-0.25, -0.2) is 13.4 Å². The van der Waals surface area contributed by atoms with E-state index >= 15 is 0 Å². The number of nitrogens with zero attached hydrogens (tertiary/aromatic N) is 3. The second-order valence-electron chi connectivity index (χ2n) is 7.06. The van der Waals surface area contributed by atoms with Crippen LogP contribution in [0, 0.1) is 6.92 Å². The second kappa shape index (κ2) is 6.94. The van der Waals surface area contributed by atoms with Crippen molar-refractivity contribution in [3.8, 4) is 11.1 Å². The Morgan fingerprint density at radius 1 is 0.889 bits per heavy atom. The zero-order chi connectivity index (χ0) is 19.0. The van der Waals surface area contributed by atoms with Crippen molar-refractivity contribution in [2.24, 2.45) is 0 Å². The van der Waals surface area contributed by atoms with Crippen molar-refractivity contribution in [3.05, 3.63) is 60.2 Å². The monoisotopic (exact) mass is 381 g/mol.